The molecule has 0 unspecified atom stereocenters. The number of rotatable bonds is 6. The van der Waals surface area contributed by atoms with Crippen LogP contribution < -0.4 is 10.0 Å². The third-order valence-electron chi connectivity index (χ3n) is 2.39. The number of nitrogens with zero attached hydrogens (tertiary/aromatic N) is 1. The maximum Gasteiger partial charge on any atom is 0.433 e. The normalized spacial score (nSPS) is 12.2. The maximum atomic E-state index is 12.5. The van der Waals surface area contributed by atoms with Gasteiger partial charge < -0.3 is 10.4 Å². The predicted octanol–water partition coefficient (Wildman–Crippen LogP) is 0.760. The number of carboxylic acid groups (broad SMARTS) is 1. The summed E-state index contributed by atoms with van der Waals surface area (Å²) in [6, 6.07) is 1.30. The van der Waals surface area contributed by atoms with Crippen molar-refractivity contribution in [3.05, 3.63) is 23.4 Å². The van der Waals surface area contributed by atoms with Gasteiger partial charge in [-0.2, -0.15) is 13.2 Å². The van der Waals surface area contributed by atoms with Gasteiger partial charge in [0.2, 0.25) is 10.0 Å². The highest BCUT2D eigenvalue weighted by Crippen LogP contribution is 2.29. The summed E-state index contributed by atoms with van der Waals surface area (Å²) in [6.07, 6.45) is -4.73. The van der Waals surface area contributed by atoms with Crippen molar-refractivity contribution >= 4 is 21.8 Å². The lowest BCUT2D eigenvalue weighted by Gasteiger charge is -2.12. The molecular weight excluding hydrogens is 315 g/mol. The van der Waals surface area contributed by atoms with Crippen molar-refractivity contribution in [3.63, 3.8) is 0 Å². The van der Waals surface area contributed by atoms with Crippen molar-refractivity contribution in [1.82, 2.24) is 9.71 Å². The van der Waals surface area contributed by atoms with E-state index < -0.39 is 45.0 Å². The zero-order chi connectivity index (χ0) is 16.3. The van der Waals surface area contributed by atoms with E-state index >= 15 is 0 Å². The molecular formula is C10H12F3N3O4S. The van der Waals surface area contributed by atoms with E-state index in [-0.39, 0.29) is 6.54 Å². The summed E-state index contributed by atoms with van der Waals surface area (Å²) in [5.74, 6) is -2.46. The average Bonchev–Trinajstić information content (AvgIpc) is 2.37. The minimum atomic E-state index is -4.73. The Bertz CT molecular complexity index is 631. The summed E-state index contributed by atoms with van der Waals surface area (Å²) in [5.41, 5.74) is -1.75. The fourth-order valence-electron chi connectivity index (χ4n) is 1.33. The highest BCUT2D eigenvalue weighted by Gasteiger charge is 2.33. The molecule has 1 rings (SSSR count). The molecule has 1 aromatic heterocycles. The van der Waals surface area contributed by atoms with Gasteiger partial charge in [-0.25, -0.2) is 22.9 Å². The van der Waals surface area contributed by atoms with Crippen LogP contribution in [-0.4, -0.2) is 43.8 Å². The molecule has 0 spiro atoms. The lowest BCUT2D eigenvalue weighted by molar-refractivity contribution is -0.141. The molecule has 1 heterocycles. The molecule has 11 heteroatoms. The minimum absolute atomic E-state index is 0.294. The van der Waals surface area contributed by atoms with Crippen LogP contribution in [0.4, 0.5) is 19.0 Å². The molecule has 0 radical (unpaired) electrons. The van der Waals surface area contributed by atoms with Gasteiger partial charge in [-0.1, -0.05) is 0 Å². The number of pyridine rings is 1. The van der Waals surface area contributed by atoms with Crippen molar-refractivity contribution in [1.29, 1.82) is 0 Å². The first-order valence-electron chi connectivity index (χ1n) is 5.53. The molecule has 7 nitrogen and oxygen atoms in total. The van der Waals surface area contributed by atoms with Gasteiger partial charge in [0, 0.05) is 6.54 Å². The summed E-state index contributed by atoms with van der Waals surface area (Å²) in [6.45, 7) is -0.294. The monoisotopic (exact) mass is 327 g/mol. The SMILES string of the molecule is CNS(=O)(=O)CCNc1nc(C(F)(F)F)ccc1C(=O)O. The third-order valence-corrected chi connectivity index (χ3v) is 3.75. The van der Waals surface area contributed by atoms with Gasteiger partial charge in [-0.3, -0.25) is 0 Å². The molecule has 0 aliphatic rings. The van der Waals surface area contributed by atoms with Crippen molar-refractivity contribution in [3.8, 4) is 0 Å². The Morgan fingerprint density at radius 3 is 2.48 bits per heavy atom. The van der Waals surface area contributed by atoms with E-state index in [1.165, 1.54) is 7.05 Å². The van der Waals surface area contributed by atoms with Crippen LogP contribution in [0.5, 0.6) is 0 Å². The van der Waals surface area contributed by atoms with Crippen molar-refractivity contribution in [2.45, 2.75) is 6.18 Å². The number of halogens is 3. The van der Waals surface area contributed by atoms with E-state index in [4.69, 9.17) is 5.11 Å². The van der Waals surface area contributed by atoms with Crippen molar-refractivity contribution in [2.75, 3.05) is 24.7 Å². The number of aromatic nitrogens is 1. The topological polar surface area (TPSA) is 108 Å². The predicted molar refractivity (Wildman–Crippen MR) is 67.5 cm³/mol. The Hall–Kier alpha value is -1.88. The summed E-state index contributed by atoms with van der Waals surface area (Å²) in [7, 11) is -2.39. The van der Waals surface area contributed by atoms with Gasteiger partial charge in [-0.15, -0.1) is 0 Å². The summed E-state index contributed by atoms with van der Waals surface area (Å²) in [4.78, 5) is 14.1. The third kappa shape index (κ3) is 4.86. The van der Waals surface area contributed by atoms with E-state index in [9.17, 15) is 26.4 Å². The van der Waals surface area contributed by atoms with Gasteiger partial charge in [0.05, 0.1) is 5.75 Å². The van der Waals surface area contributed by atoms with Crippen LogP contribution >= 0.6 is 0 Å². The highest BCUT2D eigenvalue weighted by molar-refractivity contribution is 7.89. The number of nitrogens with one attached hydrogen (secondary N) is 2. The number of alkyl halides is 3. The molecule has 0 fully saturated rings. The number of hydrogen-bond donors (Lipinski definition) is 3. The number of carbonyl (C=O) groups is 1. The maximum absolute atomic E-state index is 12.5. The van der Waals surface area contributed by atoms with Crippen LogP contribution in [0.3, 0.4) is 0 Å². The molecule has 0 aromatic carbocycles. The molecule has 0 aliphatic heterocycles. The molecule has 0 atom stereocenters. The Morgan fingerprint density at radius 1 is 1.38 bits per heavy atom. The average molecular weight is 327 g/mol. The van der Waals surface area contributed by atoms with E-state index in [1.54, 1.807) is 0 Å². The van der Waals surface area contributed by atoms with Gasteiger partial charge in [0.25, 0.3) is 0 Å². The van der Waals surface area contributed by atoms with Crippen LogP contribution in [0.1, 0.15) is 16.1 Å². The lowest BCUT2D eigenvalue weighted by atomic mass is 10.2. The first-order chi connectivity index (χ1) is 9.57. The second-order valence-corrected chi connectivity index (χ2v) is 5.89. The molecule has 0 bridgehead atoms. The van der Waals surface area contributed by atoms with E-state index in [0.29, 0.717) is 6.07 Å². The number of sulfonamides is 1. The van der Waals surface area contributed by atoms with Crippen LogP contribution in [0.2, 0.25) is 0 Å². The molecule has 0 aliphatic carbocycles. The number of anilines is 1. The molecule has 0 saturated heterocycles. The Labute approximate surface area is 118 Å². The second kappa shape index (κ2) is 6.26. The molecule has 21 heavy (non-hydrogen) atoms. The molecule has 3 N–H and O–H groups in total. The zero-order valence-electron chi connectivity index (χ0n) is 10.7. The Kier molecular flexibility index (Phi) is 5.12. The number of hydrogen-bond acceptors (Lipinski definition) is 5. The standard InChI is InChI=1S/C10H12F3N3O4S/c1-14-21(19,20)5-4-15-8-6(9(17)18)2-3-7(16-8)10(11,12)13/h2-3,14H,4-5H2,1H3,(H,15,16)(H,17,18). The first-order valence-corrected chi connectivity index (χ1v) is 7.18. The van der Waals surface area contributed by atoms with Gasteiger partial charge in [0.1, 0.15) is 17.1 Å². The molecule has 0 saturated carbocycles. The molecule has 118 valence electrons. The van der Waals surface area contributed by atoms with Crippen LogP contribution in [0.25, 0.3) is 0 Å². The van der Waals surface area contributed by atoms with Crippen LogP contribution in [-0.2, 0) is 16.2 Å². The fourth-order valence-corrected chi connectivity index (χ4v) is 1.91. The number of carboxylic acids is 1. The van der Waals surface area contributed by atoms with E-state index in [2.05, 4.69) is 10.3 Å². The highest BCUT2D eigenvalue weighted by atomic mass is 32.2. The molecule has 1 aromatic rings. The van der Waals surface area contributed by atoms with E-state index in [1.807, 2.05) is 4.72 Å². The lowest BCUT2D eigenvalue weighted by Crippen LogP contribution is -2.27. The number of aromatic carboxylic acids is 1. The van der Waals surface area contributed by atoms with E-state index in [0.717, 1.165) is 6.07 Å². The summed E-state index contributed by atoms with van der Waals surface area (Å²) < 4.78 is 61.9. The summed E-state index contributed by atoms with van der Waals surface area (Å²) in [5, 5.41) is 11.2. The second-order valence-electron chi connectivity index (χ2n) is 3.85. The minimum Gasteiger partial charge on any atom is -0.478 e. The van der Waals surface area contributed by atoms with Gasteiger partial charge in [0.15, 0.2) is 0 Å². The quantitative estimate of drug-likeness (QED) is 0.712. The van der Waals surface area contributed by atoms with Crippen LogP contribution in [0, 0.1) is 0 Å². The molecule has 0 amide bonds. The Balaban J connectivity index is 3.00. The van der Waals surface area contributed by atoms with Crippen molar-refractivity contribution < 1.29 is 31.5 Å². The van der Waals surface area contributed by atoms with Gasteiger partial charge >= 0.3 is 12.1 Å². The first kappa shape index (κ1) is 17.2. The van der Waals surface area contributed by atoms with Crippen molar-refractivity contribution in [2.24, 2.45) is 0 Å². The largest absolute Gasteiger partial charge is 0.478 e. The smallest absolute Gasteiger partial charge is 0.433 e. The zero-order valence-corrected chi connectivity index (χ0v) is 11.5. The van der Waals surface area contributed by atoms with Gasteiger partial charge in [-0.05, 0) is 19.2 Å². The van der Waals surface area contributed by atoms with Crippen LogP contribution in [0.15, 0.2) is 12.1 Å². The fraction of sp³-hybridized carbons (Fsp3) is 0.400. The summed E-state index contributed by atoms with van der Waals surface area (Å²) >= 11 is 0. The Morgan fingerprint density at radius 2 is 2.00 bits per heavy atom.